The number of hydrogen-bond donors (Lipinski definition) is 2. The zero-order valence-electron chi connectivity index (χ0n) is 12.4. The number of rotatable bonds is 5. The minimum absolute atomic E-state index is 0.122. The number of benzene rings is 1. The molecule has 3 nitrogen and oxygen atoms in total. The summed E-state index contributed by atoms with van der Waals surface area (Å²) in [6.07, 6.45) is -4.25. The Morgan fingerprint density at radius 1 is 1.33 bits per heavy atom. The summed E-state index contributed by atoms with van der Waals surface area (Å²) in [7, 11) is 0. The number of nitrogens with one attached hydrogen (secondary N) is 1. The van der Waals surface area contributed by atoms with Gasteiger partial charge in [0.05, 0.1) is 5.56 Å². The van der Waals surface area contributed by atoms with Crippen molar-refractivity contribution in [2.75, 3.05) is 6.54 Å². The molecular weight excluding hydrogens is 281 g/mol. The minimum atomic E-state index is -4.37. The van der Waals surface area contributed by atoms with Crippen molar-refractivity contribution in [2.24, 2.45) is 5.73 Å². The first-order valence-electron chi connectivity index (χ1n) is 6.72. The summed E-state index contributed by atoms with van der Waals surface area (Å²) < 4.78 is 38.0. The van der Waals surface area contributed by atoms with Gasteiger partial charge in [0.2, 0.25) is 5.91 Å². The van der Waals surface area contributed by atoms with Gasteiger partial charge in [0.15, 0.2) is 0 Å². The fraction of sp³-hybridized carbons (Fsp3) is 0.533. The monoisotopic (exact) mass is 302 g/mol. The highest BCUT2D eigenvalue weighted by Gasteiger charge is 2.30. The Hall–Kier alpha value is -1.56. The third-order valence-corrected chi connectivity index (χ3v) is 3.02. The Morgan fingerprint density at radius 2 is 1.95 bits per heavy atom. The summed E-state index contributed by atoms with van der Waals surface area (Å²) in [4.78, 5) is 11.8. The lowest BCUT2D eigenvalue weighted by atomic mass is 9.95. The summed E-state index contributed by atoms with van der Waals surface area (Å²) in [5, 5.41) is 2.68. The lowest BCUT2D eigenvalue weighted by Gasteiger charge is -2.20. The van der Waals surface area contributed by atoms with Gasteiger partial charge in [-0.15, -0.1) is 0 Å². The second-order valence-electron chi connectivity index (χ2n) is 5.99. The Morgan fingerprint density at radius 3 is 2.48 bits per heavy atom. The van der Waals surface area contributed by atoms with Crippen LogP contribution in [0.15, 0.2) is 24.3 Å². The Balaban J connectivity index is 2.68. The first-order valence-corrected chi connectivity index (χ1v) is 6.72. The van der Waals surface area contributed by atoms with Crippen LogP contribution in [0.4, 0.5) is 13.2 Å². The molecule has 118 valence electrons. The zero-order chi connectivity index (χ0) is 16.3. The van der Waals surface area contributed by atoms with Gasteiger partial charge in [-0.25, -0.2) is 0 Å². The molecule has 0 saturated carbocycles. The molecule has 0 spiro atoms. The summed E-state index contributed by atoms with van der Waals surface area (Å²) in [5.41, 5.74) is 5.03. The van der Waals surface area contributed by atoms with Crippen LogP contribution in [-0.4, -0.2) is 18.0 Å². The van der Waals surface area contributed by atoms with E-state index in [-0.39, 0.29) is 18.2 Å². The zero-order valence-corrected chi connectivity index (χ0v) is 12.4. The minimum Gasteiger partial charge on any atom is -0.354 e. The number of nitrogens with two attached hydrogens (primary N) is 1. The summed E-state index contributed by atoms with van der Waals surface area (Å²) >= 11 is 0. The molecule has 1 aromatic carbocycles. The van der Waals surface area contributed by atoms with Gasteiger partial charge in [0, 0.05) is 18.5 Å². The maximum atomic E-state index is 12.7. The fourth-order valence-electron chi connectivity index (χ4n) is 1.82. The quantitative estimate of drug-likeness (QED) is 0.878. The van der Waals surface area contributed by atoms with Crippen molar-refractivity contribution in [3.8, 4) is 0 Å². The topological polar surface area (TPSA) is 55.1 Å². The van der Waals surface area contributed by atoms with Gasteiger partial charge < -0.3 is 11.1 Å². The lowest BCUT2D eigenvalue weighted by Crippen LogP contribution is -2.45. The van der Waals surface area contributed by atoms with Crippen LogP contribution < -0.4 is 11.1 Å². The predicted octanol–water partition coefficient (Wildman–Crippen LogP) is 3.05. The average molecular weight is 302 g/mol. The number of alkyl halides is 3. The van der Waals surface area contributed by atoms with Crippen LogP contribution in [0.25, 0.3) is 0 Å². The highest BCUT2D eigenvalue weighted by Crippen LogP contribution is 2.31. The van der Waals surface area contributed by atoms with Crippen molar-refractivity contribution in [3.63, 3.8) is 0 Å². The molecule has 1 unspecified atom stereocenters. The van der Waals surface area contributed by atoms with Crippen LogP contribution in [0.2, 0.25) is 0 Å². The number of hydrogen-bond acceptors (Lipinski definition) is 2. The van der Waals surface area contributed by atoms with E-state index in [1.54, 1.807) is 26.8 Å². The van der Waals surface area contributed by atoms with Gasteiger partial charge in [-0.3, -0.25) is 4.79 Å². The van der Waals surface area contributed by atoms with E-state index in [1.807, 2.05) is 0 Å². The highest BCUT2D eigenvalue weighted by molar-refractivity contribution is 5.76. The van der Waals surface area contributed by atoms with E-state index in [1.165, 1.54) is 6.07 Å². The molecule has 3 N–H and O–H groups in total. The average Bonchev–Trinajstić information content (AvgIpc) is 2.34. The van der Waals surface area contributed by atoms with Crippen molar-refractivity contribution in [2.45, 2.75) is 44.8 Å². The van der Waals surface area contributed by atoms with Crippen molar-refractivity contribution in [3.05, 3.63) is 35.4 Å². The summed E-state index contributed by atoms with van der Waals surface area (Å²) in [6, 6.07) is 5.06. The Bertz CT molecular complexity index is 492. The number of carbonyl (C=O) groups is 1. The van der Waals surface area contributed by atoms with Gasteiger partial charge in [-0.1, -0.05) is 25.1 Å². The second-order valence-corrected chi connectivity index (χ2v) is 5.99. The van der Waals surface area contributed by atoms with Crippen LogP contribution in [0.1, 0.15) is 44.2 Å². The van der Waals surface area contributed by atoms with Crippen LogP contribution in [0.5, 0.6) is 0 Å². The molecule has 0 bridgehead atoms. The first-order chi connectivity index (χ1) is 9.49. The first kappa shape index (κ1) is 17.5. The normalized spacial score (nSPS) is 13.9. The molecular formula is C15H21F3N2O. The van der Waals surface area contributed by atoms with Crippen molar-refractivity contribution < 1.29 is 18.0 Å². The lowest BCUT2D eigenvalue weighted by molar-refractivity contribution is -0.137. The van der Waals surface area contributed by atoms with E-state index in [4.69, 9.17) is 5.73 Å². The summed E-state index contributed by atoms with van der Waals surface area (Å²) in [5.74, 6) is -0.522. The molecule has 1 rings (SSSR count). The van der Waals surface area contributed by atoms with E-state index in [0.29, 0.717) is 12.1 Å². The van der Waals surface area contributed by atoms with Crippen LogP contribution in [-0.2, 0) is 11.0 Å². The third kappa shape index (κ3) is 6.16. The van der Waals surface area contributed by atoms with E-state index in [9.17, 15) is 18.0 Å². The fourth-order valence-corrected chi connectivity index (χ4v) is 1.82. The van der Waals surface area contributed by atoms with Gasteiger partial charge >= 0.3 is 6.18 Å². The maximum absolute atomic E-state index is 12.7. The molecule has 1 aromatic rings. The molecule has 1 atom stereocenters. The van der Waals surface area contributed by atoms with Gasteiger partial charge in [-0.05, 0) is 31.4 Å². The van der Waals surface area contributed by atoms with Crippen molar-refractivity contribution >= 4 is 5.91 Å². The van der Waals surface area contributed by atoms with E-state index in [2.05, 4.69) is 5.32 Å². The van der Waals surface area contributed by atoms with E-state index < -0.39 is 17.3 Å². The van der Waals surface area contributed by atoms with Crippen LogP contribution >= 0.6 is 0 Å². The highest BCUT2D eigenvalue weighted by atomic mass is 19.4. The molecule has 0 heterocycles. The standard InChI is InChI=1S/C15H21F3N2O/c1-10(7-13(21)20-9-14(2,3)19)11-5-4-6-12(8-11)15(16,17)18/h4-6,8,10H,7,9,19H2,1-3H3,(H,20,21). The Labute approximate surface area is 122 Å². The molecule has 0 aliphatic heterocycles. The second kappa shape index (κ2) is 6.47. The van der Waals surface area contributed by atoms with Gasteiger partial charge in [0.1, 0.15) is 0 Å². The Kier molecular flexibility index (Phi) is 5.39. The molecule has 6 heteroatoms. The number of carbonyl (C=O) groups excluding carboxylic acids is 1. The van der Waals surface area contributed by atoms with Crippen LogP contribution in [0.3, 0.4) is 0 Å². The molecule has 0 aliphatic carbocycles. The molecule has 1 amide bonds. The van der Waals surface area contributed by atoms with Crippen LogP contribution in [0, 0.1) is 0 Å². The number of amides is 1. The van der Waals surface area contributed by atoms with Gasteiger partial charge in [0.25, 0.3) is 0 Å². The van der Waals surface area contributed by atoms with E-state index >= 15 is 0 Å². The molecule has 0 aromatic heterocycles. The largest absolute Gasteiger partial charge is 0.416 e. The maximum Gasteiger partial charge on any atom is 0.416 e. The van der Waals surface area contributed by atoms with E-state index in [0.717, 1.165) is 12.1 Å². The van der Waals surface area contributed by atoms with Crippen molar-refractivity contribution in [1.29, 1.82) is 0 Å². The predicted molar refractivity (Wildman–Crippen MR) is 75.8 cm³/mol. The molecule has 0 saturated heterocycles. The molecule has 0 aliphatic rings. The SMILES string of the molecule is CC(CC(=O)NCC(C)(C)N)c1cccc(C(F)(F)F)c1. The molecule has 0 fully saturated rings. The van der Waals surface area contributed by atoms with Crippen molar-refractivity contribution in [1.82, 2.24) is 5.32 Å². The molecule has 21 heavy (non-hydrogen) atoms. The third-order valence-electron chi connectivity index (χ3n) is 3.02. The number of halogens is 3. The summed E-state index contributed by atoms with van der Waals surface area (Å²) in [6.45, 7) is 5.61. The smallest absolute Gasteiger partial charge is 0.354 e. The molecule has 0 radical (unpaired) electrons. The van der Waals surface area contributed by atoms with Gasteiger partial charge in [-0.2, -0.15) is 13.2 Å².